The first-order valence-electron chi connectivity index (χ1n) is 10.5. The molecule has 0 bridgehead atoms. The van der Waals surface area contributed by atoms with Crippen LogP contribution in [-0.4, -0.2) is 16.1 Å². The van der Waals surface area contributed by atoms with E-state index < -0.39 is 5.97 Å². The van der Waals surface area contributed by atoms with Gasteiger partial charge in [0.15, 0.2) is 0 Å². The van der Waals surface area contributed by atoms with Gasteiger partial charge in [0.1, 0.15) is 0 Å². The Hall–Kier alpha value is -2.36. The number of nitrogens with zero attached hydrogens (tertiary/aromatic N) is 1. The summed E-state index contributed by atoms with van der Waals surface area (Å²) in [4.78, 5) is 17.3. The number of carboxylic acid groups (broad SMARTS) is 1. The lowest BCUT2D eigenvalue weighted by molar-refractivity contribution is 0.0696. The van der Waals surface area contributed by atoms with E-state index in [0.717, 1.165) is 35.2 Å². The molecule has 4 rings (SSSR count). The maximum absolute atomic E-state index is 12.4. The number of hydrogen-bond donors (Lipinski definition) is 1. The van der Waals surface area contributed by atoms with Crippen LogP contribution in [0.3, 0.4) is 0 Å². The van der Waals surface area contributed by atoms with Crippen LogP contribution >= 0.6 is 23.2 Å². The van der Waals surface area contributed by atoms with Crippen LogP contribution in [0.15, 0.2) is 42.5 Å². The lowest BCUT2D eigenvalue weighted by atomic mass is 9.67. The highest BCUT2D eigenvalue weighted by Crippen LogP contribution is 2.46. The van der Waals surface area contributed by atoms with Crippen molar-refractivity contribution in [2.45, 2.75) is 40.0 Å². The number of hydrogen-bond acceptors (Lipinski definition) is 2. The van der Waals surface area contributed by atoms with E-state index in [2.05, 4.69) is 20.8 Å². The second-order valence-electron chi connectivity index (χ2n) is 8.92. The summed E-state index contributed by atoms with van der Waals surface area (Å²) in [6.45, 7) is 6.70. The van der Waals surface area contributed by atoms with Crippen LogP contribution in [0.5, 0.6) is 0 Å². The van der Waals surface area contributed by atoms with Gasteiger partial charge in [0.25, 0.3) is 0 Å². The summed E-state index contributed by atoms with van der Waals surface area (Å²) in [5.41, 5.74) is 4.58. The quantitative estimate of drug-likeness (QED) is 0.438. The summed E-state index contributed by atoms with van der Waals surface area (Å²) in [6.07, 6.45) is 4.56. The molecular weight excluding hydrogens is 429 g/mol. The molecule has 0 aliphatic heterocycles. The maximum atomic E-state index is 12.4. The molecule has 2 aromatic carbocycles. The fraction of sp³-hybridized carbons (Fsp3) is 0.308. The van der Waals surface area contributed by atoms with E-state index in [0.29, 0.717) is 38.9 Å². The van der Waals surface area contributed by atoms with Gasteiger partial charge < -0.3 is 5.11 Å². The van der Waals surface area contributed by atoms with E-state index in [1.54, 1.807) is 6.07 Å². The minimum atomic E-state index is -0.909. The molecule has 1 atom stereocenters. The van der Waals surface area contributed by atoms with Gasteiger partial charge in [0, 0.05) is 15.4 Å². The van der Waals surface area contributed by atoms with Crippen LogP contribution in [0, 0.1) is 11.3 Å². The number of benzene rings is 2. The van der Waals surface area contributed by atoms with Gasteiger partial charge in [-0.3, -0.25) is 0 Å². The van der Waals surface area contributed by atoms with Gasteiger partial charge in [-0.05, 0) is 65.1 Å². The molecule has 5 heteroatoms. The molecule has 3 aromatic rings. The van der Waals surface area contributed by atoms with Crippen molar-refractivity contribution < 1.29 is 9.90 Å². The van der Waals surface area contributed by atoms with Gasteiger partial charge in [-0.15, -0.1) is 0 Å². The van der Waals surface area contributed by atoms with Crippen molar-refractivity contribution >= 4 is 51.7 Å². The predicted octanol–water partition coefficient (Wildman–Crippen LogP) is 7.78. The van der Waals surface area contributed by atoms with E-state index in [-0.39, 0.29) is 5.41 Å². The third-order valence-electron chi connectivity index (χ3n) is 6.74. The number of allylic oxidation sites excluding steroid dienone is 1. The number of aromatic nitrogens is 1. The Morgan fingerprint density at radius 3 is 2.61 bits per heavy atom. The summed E-state index contributed by atoms with van der Waals surface area (Å²) in [6, 6.07) is 12.9. The van der Waals surface area contributed by atoms with Crippen molar-refractivity contribution in [3.05, 3.63) is 74.9 Å². The monoisotopic (exact) mass is 453 g/mol. The number of fused-ring (bicyclic) bond motifs is 2. The predicted molar refractivity (Wildman–Crippen MR) is 129 cm³/mol. The second-order valence-corrected chi connectivity index (χ2v) is 9.76. The van der Waals surface area contributed by atoms with Gasteiger partial charge in [0.05, 0.1) is 16.8 Å². The van der Waals surface area contributed by atoms with E-state index in [1.807, 2.05) is 42.5 Å². The Morgan fingerprint density at radius 1 is 1.19 bits per heavy atom. The Kier molecular flexibility index (Phi) is 5.85. The number of halogens is 2. The molecular formula is C26H25Cl2NO2. The summed E-state index contributed by atoms with van der Waals surface area (Å²) in [5, 5.41) is 12.0. The van der Waals surface area contributed by atoms with Crippen LogP contribution in [0.4, 0.5) is 0 Å². The molecule has 1 N–H and O–H groups in total. The van der Waals surface area contributed by atoms with E-state index >= 15 is 0 Å². The molecule has 0 radical (unpaired) electrons. The zero-order valence-electron chi connectivity index (χ0n) is 17.9. The van der Waals surface area contributed by atoms with Gasteiger partial charge in [-0.25, -0.2) is 9.78 Å². The minimum absolute atomic E-state index is 0.0575. The maximum Gasteiger partial charge on any atom is 0.336 e. The Labute approximate surface area is 192 Å². The molecule has 0 saturated carbocycles. The summed E-state index contributed by atoms with van der Waals surface area (Å²) < 4.78 is 0. The highest BCUT2D eigenvalue weighted by atomic mass is 35.5. The summed E-state index contributed by atoms with van der Waals surface area (Å²) in [7, 11) is 0. The van der Waals surface area contributed by atoms with Crippen molar-refractivity contribution in [3.8, 4) is 0 Å². The number of carboxylic acids is 1. The van der Waals surface area contributed by atoms with Crippen molar-refractivity contribution in [2.75, 3.05) is 0 Å². The third kappa shape index (κ3) is 4.09. The highest BCUT2D eigenvalue weighted by molar-refractivity contribution is 6.35. The Bertz CT molecular complexity index is 1210. The Balaban J connectivity index is 2.00. The first kappa shape index (κ1) is 21.9. The van der Waals surface area contributed by atoms with Gasteiger partial charge >= 0.3 is 5.97 Å². The summed E-state index contributed by atoms with van der Waals surface area (Å²) in [5.74, 6) is -0.614. The molecule has 31 heavy (non-hydrogen) atoms. The number of pyridine rings is 1. The molecule has 1 heterocycles. The number of aromatic carboxylic acids is 1. The SMILES string of the molecule is CCC(C)(C)C1CC(=Cc2ccc(Cl)cc2Cl)c2nc3ccccc3c(C(=O)O)c2C1. The van der Waals surface area contributed by atoms with Gasteiger partial charge in [-0.1, -0.05) is 74.7 Å². The van der Waals surface area contributed by atoms with Crippen LogP contribution in [0.2, 0.25) is 10.0 Å². The first-order valence-corrected chi connectivity index (χ1v) is 11.3. The van der Waals surface area contributed by atoms with Crippen molar-refractivity contribution in [1.29, 1.82) is 0 Å². The summed E-state index contributed by atoms with van der Waals surface area (Å²) >= 11 is 12.5. The molecule has 1 unspecified atom stereocenters. The standard InChI is InChI=1S/C26H25Cl2NO2/c1-4-26(2,3)17-12-16(11-15-9-10-18(27)14-21(15)28)24-20(13-17)23(25(30)31)19-7-5-6-8-22(19)29-24/h5-11,14,17H,4,12-13H2,1-3H3,(H,30,31). The van der Waals surface area contributed by atoms with Crippen molar-refractivity contribution in [2.24, 2.45) is 11.3 Å². The van der Waals surface area contributed by atoms with E-state index in [4.69, 9.17) is 28.2 Å². The first-order chi connectivity index (χ1) is 14.7. The number of rotatable bonds is 4. The molecule has 160 valence electrons. The highest BCUT2D eigenvalue weighted by Gasteiger charge is 2.36. The minimum Gasteiger partial charge on any atom is -0.478 e. The molecule has 0 amide bonds. The second kappa shape index (κ2) is 8.29. The largest absolute Gasteiger partial charge is 0.478 e. The molecule has 1 aliphatic rings. The number of para-hydroxylation sites is 1. The van der Waals surface area contributed by atoms with Gasteiger partial charge in [-0.2, -0.15) is 0 Å². The van der Waals surface area contributed by atoms with Crippen LogP contribution < -0.4 is 0 Å². The fourth-order valence-corrected chi connectivity index (χ4v) is 4.88. The van der Waals surface area contributed by atoms with Crippen molar-refractivity contribution in [1.82, 2.24) is 4.98 Å². The number of carbonyl (C=O) groups is 1. The van der Waals surface area contributed by atoms with E-state index in [1.165, 1.54) is 0 Å². The van der Waals surface area contributed by atoms with Crippen LogP contribution in [0.25, 0.3) is 22.6 Å². The average molecular weight is 454 g/mol. The Morgan fingerprint density at radius 2 is 1.94 bits per heavy atom. The fourth-order valence-electron chi connectivity index (χ4n) is 4.42. The topological polar surface area (TPSA) is 50.2 Å². The van der Waals surface area contributed by atoms with E-state index in [9.17, 15) is 9.90 Å². The zero-order valence-corrected chi connectivity index (χ0v) is 19.4. The molecule has 1 aliphatic carbocycles. The molecule has 1 aromatic heterocycles. The molecule has 0 saturated heterocycles. The van der Waals surface area contributed by atoms with Gasteiger partial charge in [0.2, 0.25) is 0 Å². The lowest BCUT2D eigenvalue weighted by Crippen LogP contribution is -2.30. The lowest BCUT2D eigenvalue weighted by Gasteiger charge is -2.38. The normalized spacial score (nSPS) is 17.7. The van der Waals surface area contributed by atoms with Crippen molar-refractivity contribution in [3.63, 3.8) is 0 Å². The smallest absolute Gasteiger partial charge is 0.336 e. The zero-order chi connectivity index (χ0) is 22.3. The van der Waals surface area contributed by atoms with Crippen LogP contribution in [-0.2, 0) is 6.42 Å². The molecule has 0 spiro atoms. The molecule has 0 fully saturated rings. The average Bonchev–Trinajstić information content (AvgIpc) is 2.73. The molecule has 3 nitrogen and oxygen atoms in total. The van der Waals surface area contributed by atoms with Crippen LogP contribution in [0.1, 0.15) is 60.8 Å². The third-order valence-corrected chi connectivity index (χ3v) is 7.30.